The zero-order chi connectivity index (χ0) is 16.8. The summed E-state index contributed by atoms with van der Waals surface area (Å²) in [6.45, 7) is 1.74. The zero-order valence-electron chi connectivity index (χ0n) is 12.5. The topological polar surface area (TPSA) is 60.8 Å². The highest BCUT2D eigenvalue weighted by Crippen LogP contribution is 2.27. The predicted molar refractivity (Wildman–Crippen MR) is 95.8 cm³/mol. The summed E-state index contributed by atoms with van der Waals surface area (Å²) in [6, 6.07) is 7.00. The van der Waals surface area contributed by atoms with Gasteiger partial charge in [0.05, 0.1) is 11.6 Å². The molecule has 23 heavy (non-hydrogen) atoms. The lowest BCUT2D eigenvalue weighted by Crippen LogP contribution is -2.07. The third-order valence-electron chi connectivity index (χ3n) is 2.84. The highest BCUT2D eigenvalue weighted by Gasteiger charge is 2.09. The molecule has 0 aliphatic heterocycles. The number of hydrogen-bond acceptors (Lipinski definition) is 5. The predicted octanol–water partition coefficient (Wildman–Crippen LogP) is 4.68. The lowest BCUT2D eigenvalue weighted by molar-refractivity contribution is -0.134. The van der Waals surface area contributed by atoms with Crippen LogP contribution in [0.25, 0.3) is 0 Å². The summed E-state index contributed by atoms with van der Waals surface area (Å²) in [5.41, 5.74) is 0.628. The van der Waals surface area contributed by atoms with E-state index >= 15 is 0 Å². The van der Waals surface area contributed by atoms with Crippen LogP contribution in [0.1, 0.15) is 18.9 Å². The number of pyridine rings is 1. The number of rotatable bonds is 5. The maximum absolute atomic E-state index is 11.5. The monoisotopic (exact) mass is 440 g/mol. The summed E-state index contributed by atoms with van der Waals surface area (Å²) in [5, 5.41) is 0. The van der Waals surface area contributed by atoms with Crippen molar-refractivity contribution in [2.45, 2.75) is 13.3 Å². The first-order valence-corrected chi connectivity index (χ1v) is 8.36. The third kappa shape index (κ3) is 4.87. The molecule has 0 radical (unpaired) electrons. The Hall–Kier alpha value is -1.73. The molecule has 0 amide bonds. The van der Waals surface area contributed by atoms with Crippen molar-refractivity contribution in [1.29, 1.82) is 0 Å². The van der Waals surface area contributed by atoms with E-state index in [9.17, 15) is 4.79 Å². The molecular weight excluding hydrogens is 428 g/mol. The molecule has 0 aliphatic rings. The molecule has 0 fully saturated rings. The minimum absolute atomic E-state index is 0.294. The number of aromatic nitrogens is 1. The Morgan fingerprint density at radius 2 is 2.13 bits per heavy atom. The Morgan fingerprint density at radius 1 is 1.35 bits per heavy atom. The molecule has 1 aromatic carbocycles. The molecular formula is C16H14Br2N2O3. The summed E-state index contributed by atoms with van der Waals surface area (Å²) in [7, 11) is 1.57. The average Bonchev–Trinajstić information content (AvgIpc) is 2.55. The zero-order valence-corrected chi connectivity index (χ0v) is 15.7. The van der Waals surface area contributed by atoms with Gasteiger partial charge in [-0.3, -0.25) is 4.79 Å². The molecule has 2 aromatic rings. The van der Waals surface area contributed by atoms with Gasteiger partial charge in [-0.2, -0.15) is 0 Å². The number of esters is 1. The smallest absolute Gasteiger partial charge is 0.310 e. The van der Waals surface area contributed by atoms with Gasteiger partial charge in [0.25, 0.3) is 0 Å². The number of halogens is 2. The van der Waals surface area contributed by atoms with Crippen molar-refractivity contribution >= 4 is 49.9 Å². The van der Waals surface area contributed by atoms with E-state index in [0.717, 1.165) is 8.95 Å². The van der Waals surface area contributed by atoms with Gasteiger partial charge >= 0.3 is 5.97 Å². The van der Waals surface area contributed by atoms with E-state index in [1.54, 1.807) is 44.6 Å². The minimum atomic E-state index is -0.312. The Bertz CT molecular complexity index is 748. The third-order valence-corrected chi connectivity index (χ3v) is 3.86. The van der Waals surface area contributed by atoms with Gasteiger partial charge in [0.2, 0.25) is 0 Å². The fraction of sp³-hybridized carbons (Fsp3) is 0.188. The van der Waals surface area contributed by atoms with Gasteiger partial charge in [-0.15, -0.1) is 0 Å². The van der Waals surface area contributed by atoms with Gasteiger partial charge in [-0.1, -0.05) is 6.92 Å². The van der Waals surface area contributed by atoms with E-state index in [-0.39, 0.29) is 5.97 Å². The van der Waals surface area contributed by atoms with Crippen molar-refractivity contribution in [3.63, 3.8) is 0 Å². The number of aliphatic imine (C=N–C) groups is 1. The molecule has 2 rings (SSSR count). The van der Waals surface area contributed by atoms with Crippen LogP contribution in [0.2, 0.25) is 0 Å². The van der Waals surface area contributed by atoms with Crippen LogP contribution >= 0.6 is 31.9 Å². The van der Waals surface area contributed by atoms with Crippen LogP contribution in [0.5, 0.6) is 11.5 Å². The van der Waals surface area contributed by atoms with Crippen molar-refractivity contribution in [3.8, 4) is 11.5 Å². The van der Waals surface area contributed by atoms with Crippen LogP contribution in [0.3, 0.4) is 0 Å². The van der Waals surface area contributed by atoms with Crippen molar-refractivity contribution in [2.24, 2.45) is 4.99 Å². The van der Waals surface area contributed by atoms with Gasteiger partial charge in [-0.05, 0) is 56.1 Å². The molecule has 0 N–H and O–H groups in total. The molecule has 5 nitrogen and oxygen atoms in total. The molecule has 7 heteroatoms. The molecule has 1 heterocycles. The first-order chi connectivity index (χ1) is 11.0. The van der Waals surface area contributed by atoms with Crippen LogP contribution in [0.15, 0.2) is 44.4 Å². The number of nitrogens with zero attached hydrogens (tertiary/aromatic N) is 2. The average molecular weight is 442 g/mol. The van der Waals surface area contributed by atoms with Gasteiger partial charge in [0.1, 0.15) is 11.5 Å². The number of carbonyl (C=O) groups is 1. The van der Waals surface area contributed by atoms with Gasteiger partial charge in [-0.25, -0.2) is 9.98 Å². The van der Waals surface area contributed by atoms with Gasteiger partial charge in [0, 0.05) is 28.9 Å². The molecule has 0 bridgehead atoms. The largest absolute Gasteiger partial charge is 0.497 e. The summed E-state index contributed by atoms with van der Waals surface area (Å²) in [4.78, 5) is 20.1. The van der Waals surface area contributed by atoms with E-state index in [0.29, 0.717) is 29.3 Å². The standard InChI is InChI=1S/C16H14Br2N2O3/c1-3-15(21)23-14-5-4-12(22-2)6-10(14)8-19-16-13(18)7-11(17)9-20-16/h4-9H,3H2,1-2H3. The first kappa shape index (κ1) is 17.6. The van der Waals surface area contributed by atoms with Crippen LogP contribution in [-0.2, 0) is 4.79 Å². The molecule has 0 saturated carbocycles. The number of benzene rings is 1. The highest BCUT2D eigenvalue weighted by atomic mass is 79.9. The summed E-state index contributed by atoms with van der Waals surface area (Å²) < 4.78 is 12.1. The maximum Gasteiger partial charge on any atom is 0.310 e. The normalized spacial score (nSPS) is 10.8. The number of methoxy groups -OCH3 is 1. The Kier molecular flexibility index (Phi) is 6.29. The van der Waals surface area contributed by atoms with Crippen molar-refractivity contribution in [1.82, 2.24) is 4.98 Å². The van der Waals surface area contributed by atoms with E-state index in [4.69, 9.17) is 9.47 Å². The van der Waals surface area contributed by atoms with E-state index < -0.39 is 0 Å². The lowest BCUT2D eigenvalue weighted by atomic mass is 10.2. The van der Waals surface area contributed by atoms with Crippen LogP contribution in [-0.4, -0.2) is 24.3 Å². The Morgan fingerprint density at radius 3 is 2.78 bits per heavy atom. The molecule has 1 aromatic heterocycles. The number of ether oxygens (including phenoxy) is 2. The second-order valence-corrected chi connectivity index (χ2v) is 6.22. The summed E-state index contributed by atoms with van der Waals surface area (Å²) >= 11 is 6.74. The first-order valence-electron chi connectivity index (χ1n) is 6.77. The summed E-state index contributed by atoms with van der Waals surface area (Å²) in [5.74, 6) is 1.27. The summed E-state index contributed by atoms with van der Waals surface area (Å²) in [6.07, 6.45) is 3.53. The van der Waals surface area contributed by atoms with E-state index in [1.165, 1.54) is 0 Å². The molecule has 0 spiro atoms. The second kappa shape index (κ2) is 8.21. The van der Waals surface area contributed by atoms with Crippen molar-refractivity contribution in [3.05, 3.63) is 45.0 Å². The number of hydrogen-bond donors (Lipinski definition) is 0. The fourth-order valence-electron chi connectivity index (χ4n) is 1.68. The second-order valence-electron chi connectivity index (χ2n) is 4.45. The minimum Gasteiger partial charge on any atom is -0.497 e. The van der Waals surface area contributed by atoms with Crippen molar-refractivity contribution < 1.29 is 14.3 Å². The Labute approximate surface area is 151 Å². The van der Waals surface area contributed by atoms with Gasteiger partial charge < -0.3 is 9.47 Å². The van der Waals surface area contributed by atoms with Crippen molar-refractivity contribution in [2.75, 3.05) is 7.11 Å². The van der Waals surface area contributed by atoms with Crippen LogP contribution < -0.4 is 9.47 Å². The SMILES string of the molecule is CCC(=O)Oc1ccc(OC)cc1C=Nc1ncc(Br)cc1Br. The van der Waals surface area contributed by atoms with Gasteiger partial charge in [0.15, 0.2) is 5.82 Å². The van der Waals surface area contributed by atoms with Crippen LogP contribution in [0.4, 0.5) is 5.82 Å². The molecule has 120 valence electrons. The molecule has 0 unspecified atom stereocenters. The quantitative estimate of drug-likeness (QED) is 0.384. The Balaban J connectivity index is 2.35. The van der Waals surface area contributed by atoms with E-state index in [2.05, 4.69) is 41.8 Å². The molecule has 0 saturated heterocycles. The number of carbonyl (C=O) groups excluding carboxylic acids is 1. The maximum atomic E-state index is 11.5. The lowest BCUT2D eigenvalue weighted by Gasteiger charge is -2.08. The highest BCUT2D eigenvalue weighted by molar-refractivity contribution is 9.11. The molecule has 0 atom stereocenters. The van der Waals surface area contributed by atoms with E-state index in [1.807, 2.05) is 6.07 Å². The molecule has 0 aliphatic carbocycles. The fourth-order valence-corrected chi connectivity index (χ4v) is 2.77. The van der Waals surface area contributed by atoms with Crippen LogP contribution in [0, 0.1) is 0 Å².